The first-order chi connectivity index (χ1) is 57.5. The molecule has 23 aromatic rings. The molecule has 7 heterocycles. The van der Waals surface area contributed by atoms with Crippen molar-refractivity contribution in [3.8, 4) is 112 Å². The van der Waals surface area contributed by atoms with Crippen molar-refractivity contribution < 1.29 is 0 Å². The van der Waals surface area contributed by atoms with Crippen LogP contribution < -0.4 is 0 Å². The maximum Gasteiger partial charge on any atom is 0.0541 e. The minimum absolute atomic E-state index is 1.10. The van der Waals surface area contributed by atoms with Gasteiger partial charge in [-0.1, -0.05) is 224 Å². The molecule has 0 spiro atoms. The highest BCUT2D eigenvalue weighted by atomic mass is 15.0. The van der Waals surface area contributed by atoms with E-state index in [1.54, 1.807) is 0 Å². The number of hydrogen-bond donors (Lipinski definition) is 0. The number of nitrogens with zero attached hydrogens (tertiary/aromatic N) is 7. The molecule has 7 aromatic heterocycles. The van der Waals surface area contributed by atoms with Crippen molar-refractivity contribution in [2.45, 2.75) is 0 Å². The van der Waals surface area contributed by atoms with Crippen molar-refractivity contribution in [3.63, 3.8) is 0 Å². The lowest BCUT2D eigenvalue weighted by atomic mass is 9.98. The normalized spacial score (nSPS) is 11.6. The Morgan fingerprint density at radius 3 is 0.759 bits per heavy atom. The average Bonchev–Trinajstić information content (AvgIpc) is 1.62. The van der Waals surface area contributed by atoms with Crippen LogP contribution in [-0.2, 0) is 0 Å². The van der Waals surface area contributed by atoms with Gasteiger partial charge in [-0.25, -0.2) is 0 Å². The Balaban J connectivity index is 0.000000142. The predicted octanol–water partition coefficient (Wildman–Crippen LogP) is 28.4. The fourth-order valence-electron chi connectivity index (χ4n) is 17.8. The summed E-state index contributed by atoms with van der Waals surface area (Å²) in [6, 6.07) is 144. The topological polar surface area (TPSA) is 58.4 Å². The van der Waals surface area contributed by atoms with Crippen molar-refractivity contribution >= 4 is 98.0 Å². The molecule has 0 aliphatic rings. The van der Waals surface area contributed by atoms with Crippen molar-refractivity contribution in [3.05, 3.63) is 431 Å². The third-order valence-electron chi connectivity index (χ3n) is 23.3. The van der Waals surface area contributed by atoms with Gasteiger partial charge in [0.1, 0.15) is 0 Å². The Hall–Kier alpha value is -15.6. The van der Waals surface area contributed by atoms with E-state index in [0.717, 1.165) is 50.5 Å². The summed E-state index contributed by atoms with van der Waals surface area (Å²) in [7, 11) is 0. The summed E-state index contributed by atoms with van der Waals surface area (Å²) in [5.74, 6) is 0. The molecule has 23 rings (SSSR count). The number of rotatable bonds is 12. The van der Waals surface area contributed by atoms with Crippen LogP contribution in [0.3, 0.4) is 0 Å². The van der Waals surface area contributed by atoms with E-state index in [1.807, 2.05) is 37.2 Å². The molecule has 0 amide bonds. The monoisotopic (exact) mass is 1480 g/mol. The third kappa shape index (κ3) is 11.8. The lowest BCUT2D eigenvalue weighted by Gasteiger charge is -2.14. The van der Waals surface area contributed by atoms with Crippen LogP contribution in [0.15, 0.2) is 431 Å². The molecule has 0 bridgehead atoms. The van der Waals surface area contributed by atoms with Gasteiger partial charge in [0, 0.05) is 103 Å². The molecule has 7 nitrogen and oxygen atoms in total. The average molecular weight is 1480 g/mol. The van der Waals surface area contributed by atoms with Crippen LogP contribution in [0.2, 0.25) is 0 Å². The van der Waals surface area contributed by atoms with Crippen LogP contribution in [-0.4, -0.2) is 33.2 Å². The summed E-state index contributed by atoms with van der Waals surface area (Å²) in [6.45, 7) is 0. The fourth-order valence-corrected chi connectivity index (χ4v) is 17.8. The Kier molecular flexibility index (Phi) is 16.4. The fraction of sp³-hybridized carbons (Fsp3) is 0. The summed E-state index contributed by atoms with van der Waals surface area (Å²) in [5.41, 5.74) is 32.9. The van der Waals surface area contributed by atoms with Crippen LogP contribution in [0.4, 0.5) is 0 Å². The van der Waals surface area contributed by atoms with Crippen molar-refractivity contribution in [1.82, 2.24) is 33.2 Å². The van der Waals surface area contributed by atoms with Crippen LogP contribution in [0.25, 0.3) is 210 Å². The number of benzene rings is 16. The number of fused-ring (bicyclic) bond motifs is 13. The molecule has 0 atom stereocenters. The maximum atomic E-state index is 4.30. The van der Waals surface area contributed by atoms with E-state index in [0.29, 0.717) is 0 Å². The molecule has 0 fully saturated rings. The largest absolute Gasteiger partial charge is 0.309 e. The summed E-state index contributed by atoms with van der Waals surface area (Å²) < 4.78 is 9.63. The van der Waals surface area contributed by atoms with Crippen LogP contribution in [0, 0.1) is 0 Å². The molecule has 0 N–H and O–H groups in total. The van der Waals surface area contributed by atoms with E-state index in [1.165, 1.54) is 159 Å². The first kappa shape index (κ1) is 67.3. The minimum atomic E-state index is 1.10. The SMILES string of the molecule is c1ccc(-c2cc(-c3ccccc3)cc(-n3c4ccccc4c4cc(-c5ccc6c(c5)c5ccccc5n6-c5cc(-c6ccncc6)cc(-c6ccncc6)c5)ccc43)c2)cc1.c1ccc2c(-c3ccc(-n4c5ccccc5c5cc(-c6ccc7c(c6)c6ccccc6n7-c6ccc(-c7ccncc7)cc6)ccc54)cc3)cccc2c1. The van der Waals surface area contributed by atoms with Crippen molar-refractivity contribution in [1.29, 1.82) is 0 Å². The van der Waals surface area contributed by atoms with E-state index in [9.17, 15) is 0 Å². The van der Waals surface area contributed by atoms with Gasteiger partial charge in [0.25, 0.3) is 0 Å². The Morgan fingerprint density at radius 1 is 0.138 bits per heavy atom. The molecular formula is C109H71N7. The molecule has 7 heteroatoms. The lowest BCUT2D eigenvalue weighted by molar-refractivity contribution is 1.18. The molecular weight excluding hydrogens is 1410 g/mol. The standard InChI is InChI=1S/C58H38N4.C51H33N3/c1-3-11-39(12-4-1)45-31-46(40-13-5-2-6-14-40)34-49(33-45)61-55-17-9-7-15-51(55)53-37-43(19-21-57(53)61)44-20-22-58-54(38-44)52-16-8-10-18-56(52)62(58)50-35-47(41-23-27-59-28-24-41)32-48(36-50)42-25-29-60-30-26-42;1-2-10-42-36(8-1)9-7-13-43(42)37-18-24-41(25-19-37)54-49-15-6-4-12-45(49)47-33-39(21-27-51(47)54)38-20-26-50-46(32-38)44-11-3-5-14-48(44)53(50)40-22-16-34(17-23-40)35-28-30-52-31-29-35/h1-38H;1-33H. The molecule has 0 unspecified atom stereocenters. The zero-order chi connectivity index (χ0) is 76.6. The molecule has 542 valence electrons. The number of hydrogen-bond acceptors (Lipinski definition) is 3. The van der Waals surface area contributed by atoms with Gasteiger partial charge in [0.2, 0.25) is 0 Å². The van der Waals surface area contributed by atoms with Crippen LogP contribution in [0.5, 0.6) is 0 Å². The summed E-state index contributed by atoms with van der Waals surface area (Å²) >= 11 is 0. The van der Waals surface area contributed by atoms with E-state index in [-0.39, 0.29) is 0 Å². The highest BCUT2D eigenvalue weighted by Crippen LogP contribution is 2.44. The second-order valence-electron chi connectivity index (χ2n) is 29.9. The summed E-state index contributed by atoms with van der Waals surface area (Å²) in [5, 5.41) is 12.4. The van der Waals surface area contributed by atoms with Gasteiger partial charge < -0.3 is 18.3 Å². The quantitative estimate of drug-likeness (QED) is 0.122. The molecule has 0 radical (unpaired) electrons. The molecule has 16 aromatic carbocycles. The molecule has 0 saturated carbocycles. The maximum absolute atomic E-state index is 4.30. The second-order valence-corrected chi connectivity index (χ2v) is 29.9. The Labute approximate surface area is 670 Å². The van der Waals surface area contributed by atoms with Gasteiger partial charge in [-0.2, -0.15) is 0 Å². The number of para-hydroxylation sites is 4. The Bertz CT molecular complexity index is 7350. The molecule has 0 saturated heterocycles. The van der Waals surface area contributed by atoms with Crippen molar-refractivity contribution in [2.75, 3.05) is 0 Å². The third-order valence-corrected chi connectivity index (χ3v) is 23.3. The minimum Gasteiger partial charge on any atom is -0.309 e. The smallest absolute Gasteiger partial charge is 0.0541 e. The van der Waals surface area contributed by atoms with Gasteiger partial charge in [0.05, 0.1) is 44.1 Å². The van der Waals surface area contributed by atoms with Gasteiger partial charge in [-0.15, -0.1) is 0 Å². The lowest BCUT2D eigenvalue weighted by Crippen LogP contribution is -1.96. The van der Waals surface area contributed by atoms with E-state index >= 15 is 0 Å². The Morgan fingerprint density at radius 2 is 0.397 bits per heavy atom. The molecule has 116 heavy (non-hydrogen) atoms. The molecule has 0 aliphatic heterocycles. The van der Waals surface area contributed by atoms with Gasteiger partial charge >= 0.3 is 0 Å². The predicted molar refractivity (Wildman–Crippen MR) is 485 cm³/mol. The zero-order valence-electron chi connectivity index (χ0n) is 63.1. The first-order valence-corrected chi connectivity index (χ1v) is 39.5. The van der Waals surface area contributed by atoms with Gasteiger partial charge in [-0.05, 0) is 270 Å². The second kappa shape index (κ2) is 28.3. The summed E-state index contributed by atoms with van der Waals surface area (Å²) in [6.07, 6.45) is 11.1. The van der Waals surface area contributed by atoms with Gasteiger partial charge in [0.15, 0.2) is 0 Å². The van der Waals surface area contributed by atoms with Crippen LogP contribution >= 0.6 is 0 Å². The number of pyridine rings is 3. The van der Waals surface area contributed by atoms with E-state index in [2.05, 4.69) is 428 Å². The van der Waals surface area contributed by atoms with E-state index < -0.39 is 0 Å². The van der Waals surface area contributed by atoms with E-state index in [4.69, 9.17) is 0 Å². The highest BCUT2D eigenvalue weighted by molar-refractivity contribution is 6.15. The highest BCUT2D eigenvalue weighted by Gasteiger charge is 2.22. The van der Waals surface area contributed by atoms with Gasteiger partial charge in [-0.3, -0.25) is 15.0 Å². The van der Waals surface area contributed by atoms with Crippen molar-refractivity contribution in [2.24, 2.45) is 0 Å². The number of aromatic nitrogens is 7. The van der Waals surface area contributed by atoms with Crippen LogP contribution in [0.1, 0.15) is 0 Å². The summed E-state index contributed by atoms with van der Waals surface area (Å²) in [4.78, 5) is 12.8. The first-order valence-electron chi connectivity index (χ1n) is 39.5. The zero-order valence-corrected chi connectivity index (χ0v) is 63.1. The molecule has 0 aliphatic carbocycles.